The second-order valence-electron chi connectivity index (χ2n) is 6.01. The molecule has 0 unspecified atom stereocenters. The maximum absolute atomic E-state index is 11.3. The number of carbonyl (C=O) groups is 2. The first-order chi connectivity index (χ1) is 9.37. The molecule has 0 aromatic rings. The predicted octanol–water partition coefficient (Wildman–Crippen LogP) is -0.0170. The maximum Gasteiger partial charge on any atom is 1.00 e. The van der Waals surface area contributed by atoms with Gasteiger partial charge in [-0.25, -0.2) is 0 Å². The minimum Gasteiger partial charge on any atom is -0.550 e. The number of aliphatic carboxylic acids is 1. The number of unbranched alkanes of at least 4 members (excludes halogenated alkanes) is 7. The van der Waals surface area contributed by atoms with E-state index in [2.05, 4.69) is 6.92 Å². The van der Waals surface area contributed by atoms with Crippen molar-refractivity contribution in [3.8, 4) is 0 Å². The van der Waals surface area contributed by atoms with E-state index in [0.29, 0.717) is 0 Å². The second-order valence-corrected chi connectivity index (χ2v) is 6.01. The van der Waals surface area contributed by atoms with E-state index in [-0.39, 0.29) is 18.9 Å². The Bertz CT molecular complexity index is 290. The Morgan fingerprint density at radius 3 is 1.90 bits per heavy atom. The zero-order valence-corrected chi connectivity index (χ0v) is 14.2. The maximum atomic E-state index is 11.3. The van der Waals surface area contributed by atoms with Crippen LogP contribution >= 0.6 is 0 Å². The molecule has 118 valence electrons. The van der Waals surface area contributed by atoms with Crippen molar-refractivity contribution in [3.63, 3.8) is 0 Å². The third kappa shape index (κ3) is 15.7. The van der Waals surface area contributed by atoms with Gasteiger partial charge in [-0.3, -0.25) is 4.79 Å². The minimum atomic E-state index is -1.39. The summed E-state index contributed by atoms with van der Waals surface area (Å²) in [6.45, 7) is 5.85. The van der Waals surface area contributed by atoms with E-state index in [4.69, 9.17) is 4.74 Å². The van der Waals surface area contributed by atoms with Crippen molar-refractivity contribution in [2.24, 2.45) is 0 Å². The Labute approximate surface area is 141 Å². The Morgan fingerprint density at radius 2 is 1.43 bits per heavy atom. The fourth-order valence-electron chi connectivity index (χ4n) is 2.20. The number of ether oxygens (including phenoxy) is 1. The average molecular weight is 292 g/mol. The van der Waals surface area contributed by atoms with Crippen LogP contribution in [0.15, 0.2) is 0 Å². The van der Waals surface area contributed by atoms with Gasteiger partial charge in [0.15, 0.2) is 0 Å². The fraction of sp³-hybridized carbons (Fsp3) is 0.875. The number of rotatable bonds is 12. The number of carboxylic acid groups (broad SMARTS) is 1. The van der Waals surface area contributed by atoms with E-state index in [1.54, 1.807) is 0 Å². The van der Waals surface area contributed by atoms with Gasteiger partial charge in [0.2, 0.25) is 0 Å². The molecule has 0 saturated heterocycles. The molecule has 0 spiro atoms. The quantitative estimate of drug-likeness (QED) is 0.219. The van der Waals surface area contributed by atoms with Gasteiger partial charge in [-0.05, 0) is 26.7 Å². The van der Waals surface area contributed by atoms with Crippen molar-refractivity contribution in [1.29, 1.82) is 0 Å². The molecular weight excluding hydrogens is 263 g/mol. The molecule has 0 aromatic heterocycles. The Morgan fingerprint density at radius 1 is 0.952 bits per heavy atom. The molecule has 0 aliphatic rings. The molecular formula is C16H29LiO4. The zero-order chi connectivity index (χ0) is 15.4. The standard InChI is InChI=1S/C16H30O4.Li/c1-4-5-6-7-8-9-10-11-12-16(2,3)20-15(19)13-14(17)18;/h4-13H2,1-3H3,(H,17,18);/q;+1/p-1. The molecule has 0 aromatic carbocycles. The summed E-state index contributed by atoms with van der Waals surface area (Å²) >= 11 is 0. The molecule has 4 nitrogen and oxygen atoms in total. The molecule has 5 heteroatoms. The predicted molar refractivity (Wildman–Crippen MR) is 77.0 cm³/mol. The first-order valence-electron chi connectivity index (χ1n) is 7.79. The Kier molecular flexibility index (Phi) is 14.4. The molecule has 0 aliphatic heterocycles. The van der Waals surface area contributed by atoms with E-state index >= 15 is 0 Å². The van der Waals surface area contributed by atoms with E-state index in [1.165, 1.54) is 38.5 Å². The van der Waals surface area contributed by atoms with Crippen LogP contribution in [0.5, 0.6) is 0 Å². The van der Waals surface area contributed by atoms with Crippen molar-refractivity contribution in [2.75, 3.05) is 0 Å². The van der Waals surface area contributed by atoms with Crippen molar-refractivity contribution in [3.05, 3.63) is 0 Å². The fourth-order valence-corrected chi connectivity index (χ4v) is 2.20. The van der Waals surface area contributed by atoms with Crippen LogP contribution in [0.25, 0.3) is 0 Å². The summed E-state index contributed by atoms with van der Waals surface area (Å²) in [6, 6.07) is 0. The number of hydrogen-bond donors (Lipinski definition) is 0. The van der Waals surface area contributed by atoms with Crippen LogP contribution in [0.3, 0.4) is 0 Å². The summed E-state index contributed by atoms with van der Waals surface area (Å²) in [4.78, 5) is 21.6. The molecule has 0 N–H and O–H groups in total. The van der Waals surface area contributed by atoms with Gasteiger partial charge in [0.25, 0.3) is 0 Å². The summed E-state index contributed by atoms with van der Waals surface area (Å²) in [5.41, 5.74) is -0.589. The summed E-state index contributed by atoms with van der Waals surface area (Å²) in [7, 11) is 0. The summed E-state index contributed by atoms with van der Waals surface area (Å²) in [5.74, 6) is -2.10. The van der Waals surface area contributed by atoms with Gasteiger partial charge in [0.1, 0.15) is 5.60 Å². The monoisotopic (exact) mass is 292 g/mol. The van der Waals surface area contributed by atoms with Crippen molar-refractivity contribution >= 4 is 11.9 Å². The summed E-state index contributed by atoms with van der Waals surface area (Å²) < 4.78 is 5.15. The number of carbonyl (C=O) groups excluding carboxylic acids is 2. The Balaban J connectivity index is 0. The molecule has 0 aliphatic carbocycles. The second kappa shape index (κ2) is 13.2. The summed E-state index contributed by atoms with van der Waals surface area (Å²) in [6.07, 6.45) is 9.93. The molecule has 0 fully saturated rings. The summed E-state index contributed by atoms with van der Waals surface area (Å²) in [5, 5.41) is 10.3. The number of carboxylic acids is 1. The van der Waals surface area contributed by atoms with Crippen molar-refractivity contribution in [1.82, 2.24) is 0 Å². The molecule has 21 heavy (non-hydrogen) atoms. The third-order valence-electron chi connectivity index (χ3n) is 3.31. The van der Waals surface area contributed by atoms with Crippen LogP contribution in [0.1, 0.15) is 85.0 Å². The van der Waals surface area contributed by atoms with Crippen molar-refractivity contribution < 1.29 is 38.3 Å². The molecule has 0 amide bonds. The zero-order valence-electron chi connectivity index (χ0n) is 14.2. The van der Waals surface area contributed by atoms with Gasteiger partial charge in [0, 0.05) is 0 Å². The first kappa shape index (κ1) is 22.8. The topological polar surface area (TPSA) is 66.4 Å². The molecule has 0 bridgehead atoms. The van der Waals surface area contributed by atoms with E-state index in [9.17, 15) is 14.7 Å². The first-order valence-corrected chi connectivity index (χ1v) is 7.79. The molecule has 0 rings (SSSR count). The number of esters is 1. The van der Waals surface area contributed by atoms with E-state index in [1.807, 2.05) is 13.8 Å². The van der Waals surface area contributed by atoms with Gasteiger partial charge in [0.05, 0.1) is 12.4 Å². The van der Waals surface area contributed by atoms with Crippen LogP contribution in [-0.2, 0) is 14.3 Å². The van der Waals surface area contributed by atoms with Crippen molar-refractivity contribution in [2.45, 2.75) is 90.6 Å². The van der Waals surface area contributed by atoms with Crippen LogP contribution in [-0.4, -0.2) is 17.5 Å². The normalized spacial score (nSPS) is 10.8. The van der Waals surface area contributed by atoms with Gasteiger partial charge in [-0.1, -0.05) is 51.9 Å². The van der Waals surface area contributed by atoms with Crippen LogP contribution in [0.4, 0.5) is 0 Å². The third-order valence-corrected chi connectivity index (χ3v) is 3.31. The minimum absolute atomic E-state index is 0. The molecule has 0 atom stereocenters. The van der Waals surface area contributed by atoms with E-state index in [0.717, 1.165) is 19.3 Å². The van der Waals surface area contributed by atoms with Crippen LogP contribution in [0, 0.1) is 0 Å². The molecule has 0 radical (unpaired) electrons. The van der Waals surface area contributed by atoms with Crippen LogP contribution in [0.2, 0.25) is 0 Å². The molecule has 0 heterocycles. The SMILES string of the molecule is CCCCCCCCCCC(C)(C)OC(=O)CC(=O)[O-].[Li+]. The average Bonchev–Trinajstić information content (AvgIpc) is 2.30. The van der Waals surface area contributed by atoms with Gasteiger partial charge >= 0.3 is 24.8 Å². The Hall–Kier alpha value is -0.463. The number of hydrogen-bond acceptors (Lipinski definition) is 4. The van der Waals surface area contributed by atoms with Gasteiger partial charge in [-0.2, -0.15) is 0 Å². The largest absolute Gasteiger partial charge is 1.00 e. The molecule has 0 saturated carbocycles. The van der Waals surface area contributed by atoms with Gasteiger partial charge in [-0.15, -0.1) is 0 Å². The smallest absolute Gasteiger partial charge is 0.550 e. The van der Waals surface area contributed by atoms with Crippen LogP contribution < -0.4 is 24.0 Å². The van der Waals surface area contributed by atoms with Gasteiger partial charge < -0.3 is 14.6 Å². The van der Waals surface area contributed by atoms with E-state index < -0.39 is 24.0 Å².